The predicted octanol–water partition coefficient (Wildman–Crippen LogP) is 2.99. The first-order valence-electron chi connectivity index (χ1n) is 5.63. The Morgan fingerprint density at radius 3 is 3.12 bits per heavy atom. The summed E-state index contributed by atoms with van der Waals surface area (Å²) in [5, 5.41) is 3.42. The average Bonchev–Trinajstić information content (AvgIpc) is 2.67. The number of hydrogen-bond donors (Lipinski definition) is 1. The maximum absolute atomic E-state index is 4.36. The molecule has 1 N–H and O–H groups in total. The molecule has 0 aliphatic carbocycles. The summed E-state index contributed by atoms with van der Waals surface area (Å²) in [5.74, 6) is 0. The van der Waals surface area contributed by atoms with Crippen molar-refractivity contribution in [2.75, 3.05) is 6.54 Å². The van der Waals surface area contributed by atoms with Gasteiger partial charge in [0.25, 0.3) is 0 Å². The monoisotopic (exact) mass is 281 g/mol. The van der Waals surface area contributed by atoms with Crippen molar-refractivity contribution in [1.82, 2.24) is 14.7 Å². The van der Waals surface area contributed by atoms with Crippen molar-refractivity contribution in [3.8, 4) is 0 Å². The SMILES string of the molecule is CCCCNCc1cnc2ccc(Br)cn12. The maximum atomic E-state index is 4.36. The van der Waals surface area contributed by atoms with Gasteiger partial charge in [-0.3, -0.25) is 0 Å². The van der Waals surface area contributed by atoms with Gasteiger partial charge in [0, 0.05) is 17.2 Å². The fourth-order valence-corrected chi connectivity index (χ4v) is 1.99. The van der Waals surface area contributed by atoms with Gasteiger partial charge in [-0.1, -0.05) is 13.3 Å². The highest BCUT2D eigenvalue weighted by atomic mass is 79.9. The highest BCUT2D eigenvalue weighted by Gasteiger charge is 2.02. The molecule has 2 aromatic rings. The minimum Gasteiger partial charge on any atom is -0.311 e. The molecule has 0 amide bonds. The van der Waals surface area contributed by atoms with E-state index >= 15 is 0 Å². The number of unbranched alkanes of at least 4 members (excludes halogenated alkanes) is 1. The minimum atomic E-state index is 0.873. The molecule has 0 spiro atoms. The molecule has 0 bridgehead atoms. The lowest BCUT2D eigenvalue weighted by Gasteiger charge is -2.04. The number of rotatable bonds is 5. The third kappa shape index (κ3) is 2.62. The van der Waals surface area contributed by atoms with Crippen molar-refractivity contribution in [2.24, 2.45) is 0 Å². The Balaban J connectivity index is 2.09. The van der Waals surface area contributed by atoms with E-state index in [1.807, 2.05) is 18.3 Å². The first-order chi connectivity index (χ1) is 7.81. The quantitative estimate of drug-likeness (QED) is 0.854. The molecule has 2 aromatic heterocycles. The second-order valence-corrected chi connectivity index (χ2v) is 4.77. The smallest absolute Gasteiger partial charge is 0.136 e. The highest BCUT2D eigenvalue weighted by molar-refractivity contribution is 9.10. The van der Waals surface area contributed by atoms with Crippen LogP contribution in [0, 0.1) is 0 Å². The van der Waals surface area contributed by atoms with Gasteiger partial charge in [-0.2, -0.15) is 0 Å². The van der Waals surface area contributed by atoms with Gasteiger partial charge in [0.05, 0.1) is 11.9 Å². The number of aromatic nitrogens is 2. The average molecular weight is 282 g/mol. The molecular formula is C12H16BrN3. The number of pyridine rings is 1. The zero-order valence-electron chi connectivity index (χ0n) is 9.41. The summed E-state index contributed by atoms with van der Waals surface area (Å²) in [5.41, 5.74) is 2.20. The third-order valence-corrected chi connectivity index (χ3v) is 3.03. The molecule has 4 heteroatoms. The van der Waals surface area contributed by atoms with E-state index in [9.17, 15) is 0 Å². The van der Waals surface area contributed by atoms with Crippen molar-refractivity contribution in [1.29, 1.82) is 0 Å². The molecule has 0 unspecified atom stereocenters. The normalized spacial score (nSPS) is 11.1. The molecule has 2 heterocycles. The highest BCUT2D eigenvalue weighted by Crippen LogP contribution is 2.13. The van der Waals surface area contributed by atoms with E-state index in [-0.39, 0.29) is 0 Å². The summed E-state index contributed by atoms with van der Waals surface area (Å²) in [6.07, 6.45) is 6.44. The second kappa shape index (κ2) is 5.46. The molecule has 0 aromatic carbocycles. The summed E-state index contributed by atoms with van der Waals surface area (Å²) in [7, 11) is 0. The van der Waals surface area contributed by atoms with Crippen molar-refractivity contribution in [2.45, 2.75) is 26.3 Å². The van der Waals surface area contributed by atoms with Crippen LogP contribution in [0.15, 0.2) is 29.0 Å². The molecule has 0 saturated carbocycles. The fourth-order valence-electron chi connectivity index (χ4n) is 1.65. The van der Waals surface area contributed by atoms with Gasteiger partial charge in [0.15, 0.2) is 0 Å². The van der Waals surface area contributed by atoms with Gasteiger partial charge >= 0.3 is 0 Å². The van der Waals surface area contributed by atoms with Crippen LogP contribution in [0.4, 0.5) is 0 Å². The molecule has 0 aliphatic rings. The number of halogens is 1. The van der Waals surface area contributed by atoms with Crippen LogP contribution < -0.4 is 5.32 Å². The van der Waals surface area contributed by atoms with Gasteiger partial charge in [-0.25, -0.2) is 4.98 Å². The summed E-state index contributed by atoms with van der Waals surface area (Å²) in [6.45, 7) is 4.14. The predicted molar refractivity (Wildman–Crippen MR) is 69.5 cm³/mol. The number of fused-ring (bicyclic) bond motifs is 1. The van der Waals surface area contributed by atoms with Crippen LogP contribution in [0.2, 0.25) is 0 Å². The summed E-state index contributed by atoms with van der Waals surface area (Å²) in [6, 6.07) is 4.02. The molecule has 0 fully saturated rings. The lowest BCUT2D eigenvalue weighted by molar-refractivity contribution is 0.631. The lowest BCUT2D eigenvalue weighted by Crippen LogP contribution is -2.15. The molecule has 0 saturated heterocycles. The zero-order valence-corrected chi connectivity index (χ0v) is 11.0. The largest absolute Gasteiger partial charge is 0.311 e. The van der Waals surface area contributed by atoms with E-state index in [1.165, 1.54) is 18.5 Å². The van der Waals surface area contributed by atoms with E-state index in [0.717, 1.165) is 23.2 Å². The summed E-state index contributed by atoms with van der Waals surface area (Å²) in [4.78, 5) is 4.36. The first-order valence-corrected chi connectivity index (χ1v) is 6.42. The Hall–Kier alpha value is -0.870. The van der Waals surface area contributed by atoms with Crippen LogP contribution >= 0.6 is 15.9 Å². The Kier molecular flexibility index (Phi) is 3.96. The molecule has 86 valence electrons. The summed E-state index contributed by atoms with van der Waals surface area (Å²) >= 11 is 3.48. The van der Waals surface area contributed by atoms with Gasteiger partial charge in [-0.15, -0.1) is 0 Å². The molecular weight excluding hydrogens is 266 g/mol. The number of nitrogens with zero attached hydrogens (tertiary/aromatic N) is 2. The van der Waals surface area contributed by atoms with Crippen molar-refractivity contribution in [3.05, 3.63) is 34.7 Å². The molecule has 2 rings (SSSR count). The summed E-state index contributed by atoms with van der Waals surface area (Å²) < 4.78 is 3.19. The van der Waals surface area contributed by atoms with Crippen LogP contribution in [-0.2, 0) is 6.54 Å². The molecule has 3 nitrogen and oxygen atoms in total. The van der Waals surface area contributed by atoms with E-state index in [2.05, 4.69) is 43.8 Å². The van der Waals surface area contributed by atoms with Gasteiger partial charge in [-0.05, 0) is 41.0 Å². The van der Waals surface area contributed by atoms with E-state index in [1.54, 1.807) is 0 Å². The lowest BCUT2D eigenvalue weighted by atomic mass is 10.3. The Morgan fingerprint density at radius 2 is 2.31 bits per heavy atom. The fraction of sp³-hybridized carbons (Fsp3) is 0.417. The first kappa shape index (κ1) is 11.6. The number of nitrogens with one attached hydrogen (secondary N) is 1. The number of hydrogen-bond acceptors (Lipinski definition) is 2. The van der Waals surface area contributed by atoms with Crippen molar-refractivity contribution >= 4 is 21.6 Å². The second-order valence-electron chi connectivity index (χ2n) is 3.86. The van der Waals surface area contributed by atoms with Crippen LogP contribution in [0.5, 0.6) is 0 Å². The van der Waals surface area contributed by atoms with Crippen LogP contribution in [0.3, 0.4) is 0 Å². The number of imidazole rings is 1. The van der Waals surface area contributed by atoms with Gasteiger partial charge in [0.2, 0.25) is 0 Å². The molecule has 0 atom stereocenters. The van der Waals surface area contributed by atoms with Gasteiger partial charge < -0.3 is 9.72 Å². The Labute approximate surface area is 104 Å². The standard InChI is InChI=1S/C12H16BrN3/c1-2-3-6-14-7-11-8-15-12-5-4-10(13)9-16(11)12/h4-5,8-9,14H,2-3,6-7H2,1H3. The topological polar surface area (TPSA) is 29.3 Å². The Bertz CT molecular complexity index is 464. The van der Waals surface area contributed by atoms with E-state index in [4.69, 9.17) is 0 Å². The molecule has 0 aliphatic heterocycles. The maximum Gasteiger partial charge on any atom is 0.136 e. The zero-order chi connectivity index (χ0) is 11.4. The van der Waals surface area contributed by atoms with Crippen LogP contribution in [-0.4, -0.2) is 15.9 Å². The van der Waals surface area contributed by atoms with Gasteiger partial charge in [0.1, 0.15) is 5.65 Å². The van der Waals surface area contributed by atoms with E-state index < -0.39 is 0 Å². The minimum absolute atomic E-state index is 0.873. The van der Waals surface area contributed by atoms with Crippen molar-refractivity contribution < 1.29 is 0 Å². The van der Waals surface area contributed by atoms with Crippen LogP contribution in [0.1, 0.15) is 25.5 Å². The molecule has 0 radical (unpaired) electrons. The van der Waals surface area contributed by atoms with Crippen molar-refractivity contribution in [3.63, 3.8) is 0 Å². The third-order valence-electron chi connectivity index (χ3n) is 2.56. The van der Waals surface area contributed by atoms with Crippen LogP contribution in [0.25, 0.3) is 5.65 Å². The van der Waals surface area contributed by atoms with E-state index in [0.29, 0.717) is 0 Å². The Morgan fingerprint density at radius 1 is 1.44 bits per heavy atom. The molecule has 16 heavy (non-hydrogen) atoms.